The number of benzene rings is 4. The second kappa shape index (κ2) is 9.00. The first-order chi connectivity index (χ1) is 16.5. The van der Waals surface area contributed by atoms with Gasteiger partial charge in [0, 0.05) is 6.54 Å². The molecule has 1 heterocycles. The minimum Gasteiger partial charge on any atom is -0.352 e. The first kappa shape index (κ1) is 21.7. The quantitative estimate of drug-likeness (QED) is 0.401. The Hall–Kier alpha value is -4.16. The van der Waals surface area contributed by atoms with Gasteiger partial charge in [-0.2, -0.15) is 0 Å². The third kappa shape index (κ3) is 4.00. The highest BCUT2D eigenvalue weighted by atomic mass is 35.5. The van der Waals surface area contributed by atoms with Crippen LogP contribution in [0.25, 0.3) is 27.4 Å². The summed E-state index contributed by atoms with van der Waals surface area (Å²) in [4.78, 5) is 41.5. The molecule has 168 valence electrons. The number of fused-ring (bicyclic) bond motifs is 2. The van der Waals surface area contributed by atoms with E-state index >= 15 is 0 Å². The molecule has 2 N–H and O–H groups in total. The largest absolute Gasteiger partial charge is 0.352 e. The third-order valence-corrected chi connectivity index (χ3v) is 6.13. The molecule has 1 aromatic heterocycles. The van der Waals surface area contributed by atoms with Crippen molar-refractivity contribution in [3.05, 3.63) is 122 Å². The van der Waals surface area contributed by atoms with Crippen molar-refractivity contribution in [3.8, 4) is 5.69 Å². The van der Waals surface area contributed by atoms with E-state index in [4.69, 9.17) is 11.6 Å². The van der Waals surface area contributed by atoms with Gasteiger partial charge < -0.3 is 10.3 Å². The standard InChI is InChI=1S/C27H20ClN3O3/c28-21-12-6-13-22-25(21)26(33)31(27(34)30-22)23-14-4-2-8-18(23)15-24(32)29-16-19-10-5-9-17-7-1-3-11-20(17)19/h1-14H,15-16H2,(H,29,32)(H,30,34). The van der Waals surface area contributed by atoms with Gasteiger partial charge in [0.15, 0.2) is 0 Å². The van der Waals surface area contributed by atoms with E-state index in [0.717, 1.165) is 20.9 Å². The van der Waals surface area contributed by atoms with Crippen molar-refractivity contribution in [2.45, 2.75) is 13.0 Å². The van der Waals surface area contributed by atoms with Gasteiger partial charge in [-0.05, 0) is 40.1 Å². The number of nitrogens with zero attached hydrogens (tertiary/aromatic N) is 1. The molecule has 0 saturated carbocycles. The maximum absolute atomic E-state index is 13.2. The van der Waals surface area contributed by atoms with Crippen LogP contribution in [-0.4, -0.2) is 15.5 Å². The summed E-state index contributed by atoms with van der Waals surface area (Å²) in [6.45, 7) is 0.370. The first-order valence-corrected chi connectivity index (χ1v) is 11.2. The van der Waals surface area contributed by atoms with Crippen LogP contribution in [0.4, 0.5) is 0 Å². The Balaban J connectivity index is 1.45. The van der Waals surface area contributed by atoms with Gasteiger partial charge in [-0.15, -0.1) is 0 Å². The van der Waals surface area contributed by atoms with Gasteiger partial charge in [0.2, 0.25) is 5.91 Å². The summed E-state index contributed by atoms with van der Waals surface area (Å²) >= 11 is 6.24. The number of nitrogens with one attached hydrogen (secondary N) is 2. The summed E-state index contributed by atoms with van der Waals surface area (Å²) < 4.78 is 1.03. The molecule has 6 nitrogen and oxygen atoms in total. The number of aromatic amines is 1. The molecule has 5 aromatic rings. The monoisotopic (exact) mass is 469 g/mol. The first-order valence-electron chi connectivity index (χ1n) is 10.8. The van der Waals surface area contributed by atoms with E-state index in [2.05, 4.69) is 10.3 Å². The molecule has 0 unspecified atom stereocenters. The Morgan fingerprint density at radius 3 is 2.44 bits per heavy atom. The number of hydrogen-bond acceptors (Lipinski definition) is 3. The lowest BCUT2D eigenvalue weighted by molar-refractivity contribution is -0.120. The Morgan fingerprint density at radius 1 is 0.853 bits per heavy atom. The van der Waals surface area contributed by atoms with Gasteiger partial charge in [0.05, 0.1) is 28.0 Å². The number of amides is 1. The van der Waals surface area contributed by atoms with Gasteiger partial charge in [-0.25, -0.2) is 9.36 Å². The summed E-state index contributed by atoms with van der Waals surface area (Å²) in [7, 11) is 0. The zero-order valence-corrected chi connectivity index (χ0v) is 18.8. The Kier molecular flexibility index (Phi) is 5.74. The predicted molar refractivity (Wildman–Crippen MR) is 135 cm³/mol. The van der Waals surface area contributed by atoms with Crippen molar-refractivity contribution < 1.29 is 4.79 Å². The fraction of sp³-hybridized carbons (Fsp3) is 0.0741. The van der Waals surface area contributed by atoms with Crippen molar-refractivity contribution in [2.24, 2.45) is 0 Å². The van der Waals surface area contributed by atoms with Crippen LogP contribution in [0, 0.1) is 0 Å². The zero-order chi connectivity index (χ0) is 23.7. The Labute approximate surface area is 199 Å². The average Bonchev–Trinajstić information content (AvgIpc) is 2.83. The fourth-order valence-corrected chi connectivity index (χ4v) is 4.45. The molecular formula is C27H20ClN3O3. The van der Waals surface area contributed by atoms with Crippen LogP contribution in [0.3, 0.4) is 0 Å². The Morgan fingerprint density at radius 2 is 1.56 bits per heavy atom. The van der Waals surface area contributed by atoms with Crippen LogP contribution < -0.4 is 16.6 Å². The molecule has 0 aliphatic rings. The summed E-state index contributed by atoms with van der Waals surface area (Å²) in [6.07, 6.45) is 0.00732. The van der Waals surface area contributed by atoms with Crippen molar-refractivity contribution in [1.82, 2.24) is 14.9 Å². The van der Waals surface area contributed by atoms with Crippen molar-refractivity contribution in [3.63, 3.8) is 0 Å². The van der Waals surface area contributed by atoms with Crippen LogP contribution >= 0.6 is 11.6 Å². The molecule has 1 amide bonds. The van der Waals surface area contributed by atoms with E-state index < -0.39 is 11.2 Å². The predicted octanol–water partition coefficient (Wildman–Crippen LogP) is 4.34. The molecule has 7 heteroatoms. The van der Waals surface area contributed by atoms with Gasteiger partial charge in [0.25, 0.3) is 5.56 Å². The van der Waals surface area contributed by atoms with Crippen molar-refractivity contribution >= 4 is 39.2 Å². The van der Waals surface area contributed by atoms with Gasteiger partial charge in [-0.3, -0.25) is 9.59 Å². The lowest BCUT2D eigenvalue weighted by Gasteiger charge is -2.13. The molecule has 0 saturated heterocycles. The molecule has 0 spiro atoms. The van der Waals surface area contributed by atoms with Crippen LogP contribution in [0.2, 0.25) is 5.02 Å². The second-order valence-electron chi connectivity index (χ2n) is 7.95. The second-order valence-corrected chi connectivity index (χ2v) is 8.36. The number of rotatable bonds is 5. The number of carbonyl (C=O) groups excluding carboxylic acids is 1. The fourth-order valence-electron chi connectivity index (χ4n) is 4.19. The van der Waals surface area contributed by atoms with Crippen LogP contribution in [0.15, 0.2) is 94.5 Å². The number of hydrogen-bond donors (Lipinski definition) is 2. The van der Waals surface area contributed by atoms with E-state index in [1.54, 1.807) is 42.5 Å². The minimum absolute atomic E-state index is 0.00732. The topological polar surface area (TPSA) is 84.0 Å². The SMILES string of the molecule is O=C(Cc1ccccc1-n1c(=O)[nH]c2cccc(Cl)c2c1=O)NCc1cccc2ccccc12. The van der Waals surface area contributed by atoms with E-state index in [1.807, 2.05) is 42.5 Å². The summed E-state index contributed by atoms with van der Waals surface area (Å²) in [5.74, 6) is -0.219. The third-order valence-electron chi connectivity index (χ3n) is 5.81. The average molecular weight is 470 g/mol. The van der Waals surface area contributed by atoms with Crippen LogP contribution in [-0.2, 0) is 17.8 Å². The summed E-state index contributed by atoms with van der Waals surface area (Å²) in [5, 5.41) is 5.61. The number of carbonyl (C=O) groups is 1. The number of halogens is 1. The molecule has 34 heavy (non-hydrogen) atoms. The molecule has 0 bridgehead atoms. The van der Waals surface area contributed by atoms with E-state index in [1.165, 1.54) is 0 Å². The maximum Gasteiger partial charge on any atom is 0.333 e. The molecule has 0 fully saturated rings. The molecule has 4 aromatic carbocycles. The highest BCUT2D eigenvalue weighted by molar-refractivity contribution is 6.35. The number of aromatic nitrogens is 2. The van der Waals surface area contributed by atoms with E-state index in [-0.39, 0.29) is 22.7 Å². The lowest BCUT2D eigenvalue weighted by atomic mass is 10.0. The summed E-state index contributed by atoms with van der Waals surface area (Å²) in [5.41, 5.74) is 1.14. The van der Waals surface area contributed by atoms with Crippen LogP contribution in [0.5, 0.6) is 0 Å². The van der Waals surface area contributed by atoms with Crippen LogP contribution in [0.1, 0.15) is 11.1 Å². The van der Waals surface area contributed by atoms with Gasteiger partial charge >= 0.3 is 5.69 Å². The normalized spacial score (nSPS) is 11.1. The molecule has 0 radical (unpaired) electrons. The van der Waals surface area contributed by atoms with Gasteiger partial charge in [0.1, 0.15) is 0 Å². The molecule has 0 atom stereocenters. The molecule has 0 aliphatic carbocycles. The number of para-hydroxylation sites is 1. The molecule has 5 rings (SSSR count). The maximum atomic E-state index is 13.2. The lowest BCUT2D eigenvalue weighted by Crippen LogP contribution is -2.35. The number of H-pyrrole nitrogens is 1. The van der Waals surface area contributed by atoms with Crippen molar-refractivity contribution in [2.75, 3.05) is 0 Å². The smallest absolute Gasteiger partial charge is 0.333 e. The zero-order valence-electron chi connectivity index (χ0n) is 18.0. The highest BCUT2D eigenvalue weighted by Crippen LogP contribution is 2.20. The molecule has 0 aliphatic heterocycles. The van der Waals surface area contributed by atoms with E-state index in [9.17, 15) is 14.4 Å². The summed E-state index contributed by atoms with van der Waals surface area (Å²) in [6, 6.07) is 25.7. The minimum atomic E-state index is -0.594. The van der Waals surface area contributed by atoms with Gasteiger partial charge in [-0.1, -0.05) is 78.3 Å². The van der Waals surface area contributed by atoms with Crippen molar-refractivity contribution in [1.29, 1.82) is 0 Å². The highest BCUT2D eigenvalue weighted by Gasteiger charge is 2.16. The molecular weight excluding hydrogens is 450 g/mol. The van der Waals surface area contributed by atoms with E-state index in [0.29, 0.717) is 23.3 Å². The Bertz CT molecular complexity index is 1660.